The van der Waals surface area contributed by atoms with Gasteiger partial charge in [-0.05, 0) is 87.8 Å². The highest BCUT2D eigenvalue weighted by Gasteiger charge is 2.25. The predicted molar refractivity (Wildman–Crippen MR) is 135 cm³/mol. The number of hydrogen-bond acceptors (Lipinski definition) is 7. The average molecular weight is 463 g/mol. The fourth-order valence-corrected chi connectivity index (χ4v) is 5.38. The molecule has 4 heterocycles. The Balaban J connectivity index is 1.38. The lowest BCUT2D eigenvalue weighted by Crippen LogP contribution is -2.35. The van der Waals surface area contributed by atoms with Gasteiger partial charge in [-0.1, -0.05) is 6.92 Å². The molecule has 1 aromatic carbocycles. The molecule has 0 unspecified atom stereocenters. The molecule has 3 aromatic rings. The minimum atomic E-state index is -0.366. The molecule has 0 amide bonds. The van der Waals surface area contributed by atoms with Crippen molar-refractivity contribution in [2.24, 2.45) is 5.92 Å². The van der Waals surface area contributed by atoms with Crippen molar-refractivity contribution in [2.45, 2.75) is 45.4 Å². The number of ether oxygens (including phenoxy) is 1. The van der Waals surface area contributed by atoms with Crippen molar-refractivity contribution in [3.05, 3.63) is 46.4 Å². The van der Waals surface area contributed by atoms with Gasteiger partial charge in [0, 0.05) is 25.4 Å². The summed E-state index contributed by atoms with van der Waals surface area (Å²) in [6.07, 6.45) is 8.82. The highest BCUT2D eigenvalue weighted by Crippen LogP contribution is 2.32. The Morgan fingerprint density at radius 3 is 2.68 bits per heavy atom. The van der Waals surface area contributed by atoms with Crippen molar-refractivity contribution in [3.63, 3.8) is 0 Å². The van der Waals surface area contributed by atoms with Gasteiger partial charge >= 0.3 is 5.63 Å². The molecule has 2 aliphatic rings. The van der Waals surface area contributed by atoms with Gasteiger partial charge in [0.25, 0.3) is 0 Å². The SMILES string of the molecule is CCc1cc(OC)cc2nc(-c3cccnc3N3CCC(CCN4CCCC4)CC3)oc(=O)c12. The number of fused-ring (bicyclic) bond motifs is 1. The maximum atomic E-state index is 13.0. The zero-order valence-corrected chi connectivity index (χ0v) is 20.3. The van der Waals surface area contributed by atoms with Crippen LogP contribution >= 0.6 is 0 Å². The molecule has 2 saturated heterocycles. The number of benzene rings is 1. The van der Waals surface area contributed by atoms with E-state index in [0.717, 1.165) is 48.8 Å². The van der Waals surface area contributed by atoms with E-state index < -0.39 is 0 Å². The molecule has 0 spiro atoms. The first-order valence-corrected chi connectivity index (χ1v) is 12.6. The molecule has 0 atom stereocenters. The molecule has 2 fully saturated rings. The highest BCUT2D eigenvalue weighted by molar-refractivity contribution is 5.84. The summed E-state index contributed by atoms with van der Waals surface area (Å²) in [4.78, 5) is 27.3. The topological polar surface area (TPSA) is 71.7 Å². The molecule has 7 heteroatoms. The van der Waals surface area contributed by atoms with Gasteiger partial charge in [0.1, 0.15) is 11.6 Å². The molecular weight excluding hydrogens is 428 g/mol. The van der Waals surface area contributed by atoms with E-state index >= 15 is 0 Å². The van der Waals surface area contributed by atoms with Crippen molar-refractivity contribution in [3.8, 4) is 17.2 Å². The Bertz CT molecular complexity index is 1190. The summed E-state index contributed by atoms with van der Waals surface area (Å²) in [5.74, 6) is 2.61. The van der Waals surface area contributed by atoms with E-state index in [9.17, 15) is 4.79 Å². The number of nitrogens with zero attached hydrogens (tertiary/aromatic N) is 4. The monoisotopic (exact) mass is 462 g/mol. The van der Waals surface area contributed by atoms with Crippen molar-refractivity contribution >= 4 is 16.7 Å². The van der Waals surface area contributed by atoms with Crippen LogP contribution in [0.15, 0.2) is 39.7 Å². The number of anilines is 1. The molecule has 5 rings (SSSR count). The van der Waals surface area contributed by atoms with Gasteiger partial charge in [0.2, 0.25) is 5.89 Å². The summed E-state index contributed by atoms with van der Waals surface area (Å²) in [5, 5.41) is 0.524. The Kier molecular flexibility index (Phi) is 6.81. The fourth-order valence-electron chi connectivity index (χ4n) is 5.38. The van der Waals surface area contributed by atoms with Crippen LogP contribution in [0.4, 0.5) is 5.82 Å². The number of likely N-dealkylation sites (tertiary alicyclic amines) is 1. The van der Waals surface area contributed by atoms with Gasteiger partial charge in [0.15, 0.2) is 0 Å². The summed E-state index contributed by atoms with van der Waals surface area (Å²) in [5.41, 5.74) is 1.87. The minimum absolute atomic E-state index is 0.312. The lowest BCUT2D eigenvalue weighted by atomic mass is 9.93. The number of methoxy groups -OCH3 is 1. The lowest BCUT2D eigenvalue weighted by Gasteiger charge is -2.34. The van der Waals surface area contributed by atoms with E-state index in [1.165, 1.54) is 38.9 Å². The number of piperidine rings is 1. The summed E-state index contributed by atoms with van der Waals surface area (Å²) in [7, 11) is 1.63. The average Bonchev–Trinajstić information content (AvgIpc) is 3.40. The second-order valence-corrected chi connectivity index (χ2v) is 9.48. The van der Waals surface area contributed by atoms with Gasteiger partial charge in [-0.25, -0.2) is 14.8 Å². The van der Waals surface area contributed by atoms with Gasteiger partial charge < -0.3 is 19.0 Å². The standard InChI is InChI=1S/C27H34N4O3/c1-3-20-17-21(33-2)18-23-24(20)27(32)34-26(29-23)22-7-6-11-28-25(22)31-15-9-19(10-16-31)8-14-30-12-4-5-13-30/h6-7,11,17-19H,3-5,8-10,12-16H2,1-2H3. The summed E-state index contributed by atoms with van der Waals surface area (Å²) in [6.45, 7) is 7.70. The number of hydrogen-bond donors (Lipinski definition) is 0. The van der Waals surface area contributed by atoms with Crippen LogP contribution in [0.3, 0.4) is 0 Å². The molecular formula is C27H34N4O3. The molecule has 7 nitrogen and oxygen atoms in total. The third-order valence-electron chi connectivity index (χ3n) is 7.39. The second kappa shape index (κ2) is 10.1. The Morgan fingerprint density at radius 1 is 1.15 bits per heavy atom. The first-order chi connectivity index (χ1) is 16.7. The maximum absolute atomic E-state index is 13.0. The van der Waals surface area contributed by atoms with E-state index in [1.807, 2.05) is 25.1 Å². The van der Waals surface area contributed by atoms with E-state index in [1.54, 1.807) is 19.4 Å². The Hall–Kier alpha value is -2.93. The third-order valence-corrected chi connectivity index (χ3v) is 7.39. The smallest absolute Gasteiger partial charge is 0.347 e. The maximum Gasteiger partial charge on any atom is 0.347 e. The van der Waals surface area contributed by atoms with Crippen LogP contribution in [0.25, 0.3) is 22.4 Å². The van der Waals surface area contributed by atoms with Crippen LogP contribution in [-0.4, -0.2) is 54.7 Å². The molecule has 180 valence electrons. The Morgan fingerprint density at radius 2 is 1.94 bits per heavy atom. The van der Waals surface area contributed by atoms with Gasteiger partial charge in [-0.15, -0.1) is 0 Å². The first-order valence-electron chi connectivity index (χ1n) is 12.6. The second-order valence-electron chi connectivity index (χ2n) is 9.48. The van der Waals surface area contributed by atoms with E-state index in [-0.39, 0.29) is 5.63 Å². The van der Waals surface area contributed by atoms with Crippen molar-refractivity contribution in [1.82, 2.24) is 14.9 Å². The molecule has 0 aliphatic carbocycles. The fraction of sp³-hybridized carbons (Fsp3) is 0.519. The zero-order valence-electron chi connectivity index (χ0n) is 20.3. The normalized spacial score (nSPS) is 17.5. The van der Waals surface area contributed by atoms with Crippen LogP contribution in [0, 0.1) is 5.92 Å². The summed E-state index contributed by atoms with van der Waals surface area (Å²) < 4.78 is 11.2. The quantitative estimate of drug-likeness (QED) is 0.511. The van der Waals surface area contributed by atoms with Crippen LogP contribution in [-0.2, 0) is 6.42 Å². The molecule has 0 N–H and O–H groups in total. The zero-order chi connectivity index (χ0) is 23.5. The first kappa shape index (κ1) is 22.8. The largest absolute Gasteiger partial charge is 0.497 e. The van der Waals surface area contributed by atoms with Gasteiger partial charge in [-0.2, -0.15) is 0 Å². The molecule has 2 aromatic heterocycles. The molecule has 2 aliphatic heterocycles. The van der Waals surface area contributed by atoms with E-state index in [0.29, 0.717) is 29.0 Å². The van der Waals surface area contributed by atoms with Crippen molar-refractivity contribution in [1.29, 1.82) is 0 Å². The summed E-state index contributed by atoms with van der Waals surface area (Å²) in [6, 6.07) is 7.50. The highest BCUT2D eigenvalue weighted by atomic mass is 16.5. The minimum Gasteiger partial charge on any atom is -0.497 e. The molecule has 0 radical (unpaired) electrons. The number of pyridine rings is 1. The number of rotatable bonds is 7. The summed E-state index contributed by atoms with van der Waals surface area (Å²) >= 11 is 0. The molecule has 34 heavy (non-hydrogen) atoms. The Labute approximate surface area is 200 Å². The van der Waals surface area contributed by atoms with E-state index in [4.69, 9.17) is 14.1 Å². The van der Waals surface area contributed by atoms with Crippen LogP contribution in [0.2, 0.25) is 0 Å². The van der Waals surface area contributed by atoms with Crippen LogP contribution in [0.1, 0.15) is 44.6 Å². The van der Waals surface area contributed by atoms with Gasteiger partial charge in [0.05, 0.1) is 23.6 Å². The molecule has 0 saturated carbocycles. The predicted octanol–water partition coefficient (Wildman–Crippen LogP) is 4.52. The van der Waals surface area contributed by atoms with Crippen LogP contribution in [0.5, 0.6) is 5.75 Å². The van der Waals surface area contributed by atoms with Crippen LogP contribution < -0.4 is 15.3 Å². The van der Waals surface area contributed by atoms with E-state index in [2.05, 4.69) is 14.8 Å². The van der Waals surface area contributed by atoms with Gasteiger partial charge in [-0.3, -0.25) is 0 Å². The number of aryl methyl sites for hydroxylation is 1. The van der Waals surface area contributed by atoms with Crippen molar-refractivity contribution in [2.75, 3.05) is 44.7 Å². The number of aromatic nitrogens is 2. The molecule has 0 bridgehead atoms. The third kappa shape index (κ3) is 4.67. The lowest BCUT2D eigenvalue weighted by molar-refractivity contribution is 0.280. The van der Waals surface area contributed by atoms with Crippen molar-refractivity contribution < 1.29 is 9.15 Å².